The Kier molecular flexibility index (Phi) is 5.32. The molecule has 2 rings (SSSR count). The fourth-order valence-corrected chi connectivity index (χ4v) is 2.73. The Morgan fingerprint density at radius 3 is 2.76 bits per heavy atom. The predicted octanol–water partition coefficient (Wildman–Crippen LogP) is 3.40. The molecule has 0 aliphatic rings. The minimum absolute atomic E-state index is 0.372. The zero-order valence-electron chi connectivity index (χ0n) is 12.5. The van der Waals surface area contributed by atoms with E-state index in [1.54, 1.807) is 7.11 Å². The Morgan fingerprint density at radius 1 is 1.29 bits per heavy atom. The van der Waals surface area contributed by atoms with Crippen molar-refractivity contribution in [2.75, 3.05) is 13.7 Å². The maximum absolute atomic E-state index is 9.05. The molecule has 5 heteroatoms. The van der Waals surface area contributed by atoms with Gasteiger partial charge in [0, 0.05) is 13.5 Å². The van der Waals surface area contributed by atoms with Crippen molar-refractivity contribution in [2.24, 2.45) is 0 Å². The lowest BCUT2D eigenvalue weighted by Crippen LogP contribution is -2.02. The molecule has 0 N–H and O–H groups in total. The summed E-state index contributed by atoms with van der Waals surface area (Å²) in [6.45, 7) is 5.07. The van der Waals surface area contributed by atoms with E-state index in [0.717, 1.165) is 10.8 Å². The van der Waals surface area contributed by atoms with E-state index >= 15 is 0 Å². The lowest BCUT2D eigenvalue weighted by Gasteiger charge is -2.07. The summed E-state index contributed by atoms with van der Waals surface area (Å²) in [5, 5.41) is 9.96. The van der Waals surface area contributed by atoms with Crippen molar-refractivity contribution in [1.82, 2.24) is 4.98 Å². The first kappa shape index (κ1) is 15.5. The highest BCUT2D eigenvalue weighted by atomic mass is 32.1. The largest absolute Gasteiger partial charge is 0.493 e. The highest BCUT2D eigenvalue weighted by molar-refractivity contribution is 7.12. The maximum Gasteiger partial charge on any atom is 0.130 e. The molecule has 0 atom stereocenters. The third-order valence-corrected chi connectivity index (χ3v) is 4.25. The third kappa shape index (κ3) is 4.03. The molecular weight excluding hydrogens is 284 g/mol. The monoisotopic (exact) mass is 302 g/mol. The molecule has 21 heavy (non-hydrogen) atoms. The fraction of sp³-hybridized carbons (Fsp3) is 0.375. The van der Waals surface area contributed by atoms with Gasteiger partial charge in [0.1, 0.15) is 16.7 Å². The van der Waals surface area contributed by atoms with E-state index in [1.807, 2.05) is 12.1 Å². The highest BCUT2D eigenvalue weighted by Gasteiger charge is 2.10. The van der Waals surface area contributed by atoms with Crippen LogP contribution in [0.25, 0.3) is 0 Å². The van der Waals surface area contributed by atoms with Gasteiger partial charge >= 0.3 is 0 Å². The van der Waals surface area contributed by atoms with Crippen molar-refractivity contribution in [3.63, 3.8) is 0 Å². The van der Waals surface area contributed by atoms with E-state index in [4.69, 9.17) is 14.7 Å². The molecule has 0 fully saturated rings. The van der Waals surface area contributed by atoms with Gasteiger partial charge in [0.25, 0.3) is 0 Å². The SMILES string of the molecule is COCc1nc(CCOc2ccc(C)c(C)c2)sc1C#N. The first-order valence-corrected chi connectivity index (χ1v) is 7.53. The van der Waals surface area contributed by atoms with E-state index in [2.05, 4.69) is 31.0 Å². The highest BCUT2D eigenvalue weighted by Crippen LogP contribution is 2.20. The quantitative estimate of drug-likeness (QED) is 0.820. The number of nitrogens with zero attached hydrogens (tertiary/aromatic N) is 2. The molecule has 0 saturated heterocycles. The first-order chi connectivity index (χ1) is 10.1. The van der Waals surface area contributed by atoms with Gasteiger partial charge in [-0.1, -0.05) is 6.07 Å². The zero-order chi connectivity index (χ0) is 15.2. The summed E-state index contributed by atoms with van der Waals surface area (Å²) in [6.07, 6.45) is 0.690. The van der Waals surface area contributed by atoms with Crippen LogP contribution in [0, 0.1) is 25.2 Å². The van der Waals surface area contributed by atoms with E-state index in [1.165, 1.54) is 22.5 Å². The number of nitriles is 1. The van der Waals surface area contributed by atoms with Gasteiger partial charge in [-0.25, -0.2) is 4.98 Å². The van der Waals surface area contributed by atoms with Crippen LogP contribution >= 0.6 is 11.3 Å². The molecule has 110 valence electrons. The second-order valence-electron chi connectivity index (χ2n) is 4.77. The van der Waals surface area contributed by atoms with Gasteiger partial charge < -0.3 is 9.47 Å². The van der Waals surface area contributed by atoms with E-state index in [-0.39, 0.29) is 0 Å². The Bertz CT molecular complexity index is 659. The van der Waals surface area contributed by atoms with Gasteiger partial charge in [-0.05, 0) is 37.1 Å². The minimum Gasteiger partial charge on any atom is -0.493 e. The number of hydrogen-bond acceptors (Lipinski definition) is 5. The van der Waals surface area contributed by atoms with Gasteiger partial charge in [-0.2, -0.15) is 5.26 Å². The number of thiazole rings is 1. The second kappa shape index (κ2) is 7.21. The smallest absolute Gasteiger partial charge is 0.130 e. The summed E-state index contributed by atoms with van der Waals surface area (Å²) in [4.78, 5) is 5.05. The Morgan fingerprint density at radius 2 is 2.10 bits per heavy atom. The third-order valence-electron chi connectivity index (χ3n) is 3.19. The van der Waals surface area contributed by atoms with Crippen LogP contribution < -0.4 is 4.74 Å². The van der Waals surface area contributed by atoms with Crippen LogP contribution in [0.15, 0.2) is 18.2 Å². The minimum atomic E-state index is 0.372. The van der Waals surface area contributed by atoms with Crippen LogP contribution in [0.5, 0.6) is 5.75 Å². The summed E-state index contributed by atoms with van der Waals surface area (Å²) in [7, 11) is 1.60. The molecule has 4 nitrogen and oxygen atoms in total. The number of aryl methyl sites for hydroxylation is 2. The van der Waals surface area contributed by atoms with Crippen molar-refractivity contribution in [2.45, 2.75) is 26.9 Å². The van der Waals surface area contributed by atoms with Crippen molar-refractivity contribution < 1.29 is 9.47 Å². The number of methoxy groups -OCH3 is 1. The number of rotatable bonds is 6. The van der Waals surface area contributed by atoms with Crippen LogP contribution in [0.1, 0.15) is 26.7 Å². The van der Waals surface area contributed by atoms with Gasteiger partial charge in [0.05, 0.1) is 23.9 Å². The van der Waals surface area contributed by atoms with Crippen molar-refractivity contribution >= 4 is 11.3 Å². The number of benzene rings is 1. The van der Waals surface area contributed by atoms with Crippen LogP contribution in [0.3, 0.4) is 0 Å². The molecule has 0 spiro atoms. The van der Waals surface area contributed by atoms with Crippen molar-refractivity contribution in [1.29, 1.82) is 5.26 Å². The molecule has 1 aromatic heterocycles. The normalized spacial score (nSPS) is 10.4. The summed E-state index contributed by atoms with van der Waals surface area (Å²) in [6, 6.07) is 8.22. The molecule has 0 unspecified atom stereocenters. The van der Waals surface area contributed by atoms with E-state index in [0.29, 0.717) is 30.2 Å². The summed E-state index contributed by atoms with van der Waals surface area (Å²) < 4.78 is 10.8. The molecule has 0 aliphatic heterocycles. The lowest BCUT2D eigenvalue weighted by molar-refractivity contribution is 0.181. The molecule has 0 radical (unpaired) electrons. The van der Waals surface area contributed by atoms with Crippen LogP contribution in [0.4, 0.5) is 0 Å². The average Bonchev–Trinajstić information content (AvgIpc) is 2.85. The van der Waals surface area contributed by atoms with Crippen molar-refractivity contribution in [3.05, 3.63) is 44.9 Å². The summed E-state index contributed by atoms with van der Waals surface area (Å²) in [5.41, 5.74) is 3.19. The topological polar surface area (TPSA) is 55.1 Å². The number of hydrogen-bond donors (Lipinski definition) is 0. The number of ether oxygens (including phenoxy) is 2. The zero-order valence-corrected chi connectivity index (χ0v) is 13.3. The molecule has 0 amide bonds. The molecular formula is C16H18N2O2S. The molecule has 0 saturated carbocycles. The van der Waals surface area contributed by atoms with Gasteiger partial charge in [0.2, 0.25) is 0 Å². The average molecular weight is 302 g/mol. The lowest BCUT2D eigenvalue weighted by atomic mass is 10.1. The van der Waals surface area contributed by atoms with Crippen molar-refractivity contribution in [3.8, 4) is 11.8 Å². The molecule has 0 aliphatic carbocycles. The number of aromatic nitrogens is 1. The molecule has 1 heterocycles. The second-order valence-corrected chi connectivity index (χ2v) is 5.86. The maximum atomic E-state index is 9.05. The van der Waals surface area contributed by atoms with Gasteiger partial charge in [-0.15, -0.1) is 11.3 Å². The Hall–Kier alpha value is -1.90. The fourth-order valence-electron chi connectivity index (χ4n) is 1.89. The van der Waals surface area contributed by atoms with Crippen LogP contribution in [-0.2, 0) is 17.8 Å². The van der Waals surface area contributed by atoms with Gasteiger partial charge in [-0.3, -0.25) is 0 Å². The standard InChI is InChI=1S/C16H18N2O2S/c1-11-4-5-13(8-12(11)2)20-7-6-16-18-14(10-19-3)15(9-17)21-16/h4-5,8H,6-7,10H2,1-3H3. The first-order valence-electron chi connectivity index (χ1n) is 6.71. The van der Waals surface area contributed by atoms with E-state index in [9.17, 15) is 0 Å². The summed E-state index contributed by atoms with van der Waals surface area (Å²) in [5.74, 6) is 0.868. The van der Waals surface area contributed by atoms with E-state index < -0.39 is 0 Å². The van der Waals surface area contributed by atoms with Crippen LogP contribution in [-0.4, -0.2) is 18.7 Å². The summed E-state index contributed by atoms with van der Waals surface area (Å²) >= 11 is 1.41. The predicted molar refractivity (Wildman–Crippen MR) is 82.7 cm³/mol. The molecule has 0 bridgehead atoms. The Labute approximate surface area is 129 Å². The van der Waals surface area contributed by atoms with Crippen LogP contribution in [0.2, 0.25) is 0 Å². The Balaban J connectivity index is 1.94. The molecule has 2 aromatic rings. The molecule has 1 aromatic carbocycles. The van der Waals surface area contributed by atoms with Gasteiger partial charge in [0.15, 0.2) is 0 Å².